The van der Waals surface area contributed by atoms with Crippen LogP contribution in [-0.4, -0.2) is 35.4 Å². The minimum Gasteiger partial charge on any atom is -0.490 e. The van der Waals surface area contributed by atoms with Crippen molar-refractivity contribution in [1.82, 2.24) is 10.2 Å². The summed E-state index contributed by atoms with van der Waals surface area (Å²) in [6.45, 7) is 2.44. The molecule has 1 saturated heterocycles. The van der Waals surface area contributed by atoms with Crippen LogP contribution in [0, 0.1) is 0 Å². The third-order valence-electron chi connectivity index (χ3n) is 6.05. The predicted octanol–water partition coefficient (Wildman–Crippen LogP) is 5.77. The number of hydrogen-bond acceptors (Lipinski definition) is 5. The maximum absolute atomic E-state index is 13.1. The van der Waals surface area contributed by atoms with E-state index in [0.717, 1.165) is 37.7 Å². The second kappa shape index (κ2) is 11.1. The summed E-state index contributed by atoms with van der Waals surface area (Å²) < 4.78 is 11.7. The zero-order valence-corrected chi connectivity index (χ0v) is 20.8. The van der Waals surface area contributed by atoms with Crippen molar-refractivity contribution in [2.24, 2.45) is 0 Å². The number of carbonyl (C=O) groups is 3. The fraction of sp³-hybridized carbons (Fsp3) is 0.346. The second-order valence-corrected chi connectivity index (χ2v) is 9.29. The molecule has 1 heterocycles. The van der Waals surface area contributed by atoms with Gasteiger partial charge in [-0.25, -0.2) is 4.79 Å². The third kappa shape index (κ3) is 5.80. The van der Waals surface area contributed by atoms with Gasteiger partial charge in [-0.2, -0.15) is 0 Å². The number of urea groups is 1. The number of barbiturate groups is 1. The van der Waals surface area contributed by atoms with Crippen molar-refractivity contribution < 1.29 is 23.9 Å². The molecule has 0 unspecified atom stereocenters. The zero-order chi connectivity index (χ0) is 24.9. The van der Waals surface area contributed by atoms with Crippen LogP contribution >= 0.6 is 23.2 Å². The molecule has 2 aliphatic rings. The van der Waals surface area contributed by atoms with E-state index in [1.807, 2.05) is 6.92 Å². The summed E-state index contributed by atoms with van der Waals surface area (Å²) in [5.74, 6) is -0.335. The van der Waals surface area contributed by atoms with Gasteiger partial charge in [0, 0.05) is 21.7 Å². The van der Waals surface area contributed by atoms with Crippen molar-refractivity contribution >= 4 is 47.1 Å². The number of rotatable bonds is 7. The first-order valence-corrected chi connectivity index (χ1v) is 12.4. The Kier molecular flexibility index (Phi) is 7.98. The van der Waals surface area contributed by atoms with Crippen molar-refractivity contribution in [2.75, 3.05) is 6.61 Å². The molecular weight excluding hydrogens is 491 g/mol. The largest absolute Gasteiger partial charge is 0.490 e. The lowest BCUT2D eigenvalue weighted by molar-refractivity contribution is -0.132. The lowest BCUT2D eigenvalue weighted by Crippen LogP contribution is -2.58. The first-order valence-electron chi connectivity index (χ1n) is 11.6. The quantitative estimate of drug-likeness (QED) is 0.373. The van der Waals surface area contributed by atoms with Gasteiger partial charge >= 0.3 is 6.03 Å². The first kappa shape index (κ1) is 25.1. The molecule has 2 aromatic rings. The van der Waals surface area contributed by atoms with E-state index in [-0.39, 0.29) is 18.2 Å². The second-order valence-electron chi connectivity index (χ2n) is 8.45. The minimum absolute atomic E-state index is 0.0840. The van der Waals surface area contributed by atoms with Crippen LogP contribution in [0.3, 0.4) is 0 Å². The molecule has 184 valence electrons. The molecule has 2 fully saturated rings. The van der Waals surface area contributed by atoms with Gasteiger partial charge in [-0.15, -0.1) is 0 Å². The molecule has 1 aliphatic carbocycles. The number of carbonyl (C=O) groups excluding carboxylic acids is 3. The highest BCUT2D eigenvalue weighted by molar-refractivity contribution is 6.35. The van der Waals surface area contributed by atoms with Gasteiger partial charge < -0.3 is 9.47 Å². The van der Waals surface area contributed by atoms with Gasteiger partial charge in [-0.05, 0) is 55.7 Å². The minimum atomic E-state index is -0.706. The summed E-state index contributed by atoms with van der Waals surface area (Å²) >= 11 is 12.2. The SMILES string of the molecule is CCOc1cc(C=C2C(=O)NC(=O)N(C3CCCCC3)C2=O)ccc1OCc1ccc(Cl)cc1Cl. The Hall–Kier alpha value is -3.03. The zero-order valence-electron chi connectivity index (χ0n) is 19.3. The molecule has 0 aromatic heterocycles. The van der Waals surface area contributed by atoms with E-state index >= 15 is 0 Å². The molecule has 2 aromatic carbocycles. The van der Waals surface area contributed by atoms with E-state index in [1.165, 1.54) is 11.0 Å². The fourth-order valence-corrected chi connectivity index (χ4v) is 4.77. The van der Waals surface area contributed by atoms with Gasteiger partial charge in [0.2, 0.25) is 0 Å². The number of hydrogen-bond donors (Lipinski definition) is 1. The molecule has 0 spiro atoms. The van der Waals surface area contributed by atoms with Crippen LogP contribution in [0.1, 0.15) is 50.2 Å². The highest BCUT2D eigenvalue weighted by atomic mass is 35.5. The number of benzene rings is 2. The molecule has 35 heavy (non-hydrogen) atoms. The lowest BCUT2D eigenvalue weighted by Gasteiger charge is -2.35. The molecule has 1 N–H and O–H groups in total. The average Bonchev–Trinajstić information content (AvgIpc) is 2.83. The van der Waals surface area contributed by atoms with Gasteiger partial charge in [0.1, 0.15) is 12.2 Å². The molecule has 7 nitrogen and oxygen atoms in total. The van der Waals surface area contributed by atoms with Crippen molar-refractivity contribution in [1.29, 1.82) is 0 Å². The molecule has 4 rings (SSSR count). The standard InChI is InChI=1S/C26H26Cl2N2O5/c1-2-34-23-13-16(8-11-22(23)35-15-17-9-10-18(27)14-21(17)28)12-20-24(31)29-26(33)30(25(20)32)19-6-4-3-5-7-19/h8-14,19H,2-7,15H2,1H3,(H,29,31,33). The number of amides is 4. The Bertz CT molecular complexity index is 1170. The lowest BCUT2D eigenvalue weighted by atomic mass is 9.93. The summed E-state index contributed by atoms with van der Waals surface area (Å²) in [5, 5.41) is 3.34. The average molecular weight is 517 g/mol. The summed E-state index contributed by atoms with van der Waals surface area (Å²) in [7, 11) is 0. The third-order valence-corrected chi connectivity index (χ3v) is 6.64. The van der Waals surface area contributed by atoms with E-state index in [2.05, 4.69) is 5.32 Å². The van der Waals surface area contributed by atoms with Crippen LogP contribution in [0.15, 0.2) is 42.0 Å². The van der Waals surface area contributed by atoms with Gasteiger partial charge in [0.15, 0.2) is 11.5 Å². The Morgan fingerprint density at radius 3 is 2.49 bits per heavy atom. The topological polar surface area (TPSA) is 84.9 Å². The van der Waals surface area contributed by atoms with Crippen LogP contribution in [0.25, 0.3) is 6.08 Å². The van der Waals surface area contributed by atoms with Crippen molar-refractivity contribution in [3.05, 3.63) is 63.1 Å². The van der Waals surface area contributed by atoms with E-state index in [4.69, 9.17) is 32.7 Å². The van der Waals surface area contributed by atoms with Crippen LogP contribution in [-0.2, 0) is 16.2 Å². The summed E-state index contributed by atoms with van der Waals surface area (Å²) in [6.07, 6.45) is 5.96. The summed E-state index contributed by atoms with van der Waals surface area (Å²) in [4.78, 5) is 39.3. The highest BCUT2D eigenvalue weighted by Gasteiger charge is 2.40. The normalized spacial score (nSPS) is 18.1. The van der Waals surface area contributed by atoms with Gasteiger partial charge in [-0.1, -0.05) is 54.6 Å². The van der Waals surface area contributed by atoms with Gasteiger partial charge in [0.25, 0.3) is 11.8 Å². The summed E-state index contributed by atoms with van der Waals surface area (Å²) in [6, 6.07) is 9.44. The molecule has 9 heteroatoms. The Labute approximate surface area is 214 Å². The summed E-state index contributed by atoms with van der Waals surface area (Å²) in [5.41, 5.74) is 1.25. The number of ether oxygens (including phenoxy) is 2. The maximum Gasteiger partial charge on any atom is 0.331 e. The molecular formula is C26H26Cl2N2O5. The smallest absolute Gasteiger partial charge is 0.331 e. The van der Waals surface area contributed by atoms with E-state index < -0.39 is 17.8 Å². The van der Waals surface area contributed by atoms with Crippen LogP contribution in [0.4, 0.5) is 4.79 Å². The van der Waals surface area contributed by atoms with Crippen molar-refractivity contribution in [3.8, 4) is 11.5 Å². The molecule has 0 radical (unpaired) electrons. The number of halogens is 2. The maximum atomic E-state index is 13.1. The molecule has 1 saturated carbocycles. The number of nitrogens with one attached hydrogen (secondary N) is 1. The van der Waals surface area contributed by atoms with E-state index in [9.17, 15) is 14.4 Å². The number of nitrogens with zero attached hydrogens (tertiary/aromatic N) is 1. The molecule has 1 aliphatic heterocycles. The molecule has 4 amide bonds. The van der Waals surface area contributed by atoms with Crippen molar-refractivity contribution in [2.45, 2.75) is 51.7 Å². The first-order chi connectivity index (χ1) is 16.9. The Morgan fingerprint density at radius 2 is 1.77 bits per heavy atom. The monoisotopic (exact) mass is 516 g/mol. The van der Waals surface area contributed by atoms with Crippen LogP contribution < -0.4 is 14.8 Å². The van der Waals surface area contributed by atoms with Crippen LogP contribution in [0.5, 0.6) is 11.5 Å². The van der Waals surface area contributed by atoms with Crippen LogP contribution in [0.2, 0.25) is 10.0 Å². The Morgan fingerprint density at radius 1 is 1.00 bits per heavy atom. The fourth-order valence-electron chi connectivity index (χ4n) is 4.30. The Balaban J connectivity index is 1.57. The van der Waals surface area contributed by atoms with E-state index in [1.54, 1.807) is 36.4 Å². The van der Waals surface area contributed by atoms with E-state index in [0.29, 0.717) is 33.7 Å². The van der Waals surface area contributed by atoms with Gasteiger partial charge in [0.05, 0.1) is 6.61 Å². The number of imide groups is 2. The molecule has 0 atom stereocenters. The molecule has 0 bridgehead atoms. The highest BCUT2D eigenvalue weighted by Crippen LogP contribution is 2.32. The predicted molar refractivity (Wildman–Crippen MR) is 134 cm³/mol. The van der Waals surface area contributed by atoms with Crippen molar-refractivity contribution in [3.63, 3.8) is 0 Å². The van der Waals surface area contributed by atoms with Gasteiger partial charge in [-0.3, -0.25) is 19.8 Å².